The average molecular weight is 326 g/mol. The van der Waals surface area contributed by atoms with Gasteiger partial charge in [0.05, 0.1) is 23.8 Å². The number of rotatable bonds is 1. The Morgan fingerprint density at radius 3 is 3.00 bits per heavy atom. The number of nitrogens with zero attached hydrogens (tertiary/aromatic N) is 2. The van der Waals surface area contributed by atoms with Crippen molar-refractivity contribution >= 4 is 33.1 Å². The fourth-order valence-corrected chi connectivity index (χ4v) is 3.41. The number of halogens is 1. The Morgan fingerprint density at radius 1 is 1.44 bits per heavy atom. The van der Waals surface area contributed by atoms with Gasteiger partial charge in [0.1, 0.15) is 5.82 Å². The highest BCUT2D eigenvalue weighted by molar-refractivity contribution is 9.10. The van der Waals surface area contributed by atoms with Crippen LogP contribution < -0.4 is 5.73 Å². The summed E-state index contributed by atoms with van der Waals surface area (Å²) < 4.78 is 6.47. The molecular formula is C12H12BrN3OS. The molecule has 1 aliphatic rings. The fraction of sp³-hybridized carbons (Fsp3) is 0.333. The standard InChI is InChI=1S/C12H12BrN3OS/c1-6-8(13)4-10(18-6)12-15-9-2-3-17-5-7(9)11(14)16-12/h4H,2-3,5H2,1H3,(H2,14,15,16). The molecule has 6 heteroatoms. The van der Waals surface area contributed by atoms with Crippen molar-refractivity contribution in [2.24, 2.45) is 0 Å². The van der Waals surface area contributed by atoms with E-state index in [1.165, 1.54) is 4.88 Å². The topological polar surface area (TPSA) is 61.0 Å². The summed E-state index contributed by atoms with van der Waals surface area (Å²) in [5.41, 5.74) is 7.95. The molecule has 0 saturated carbocycles. The van der Waals surface area contributed by atoms with Gasteiger partial charge < -0.3 is 10.5 Å². The third kappa shape index (κ3) is 2.04. The van der Waals surface area contributed by atoms with E-state index in [1.54, 1.807) is 11.3 Å². The first-order chi connectivity index (χ1) is 8.65. The number of ether oxygens (including phenoxy) is 1. The smallest absolute Gasteiger partial charge is 0.171 e. The van der Waals surface area contributed by atoms with Crippen molar-refractivity contribution in [3.8, 4) is 10.7 Å². The molecule has 3 heterocycles. The van der Waals surface area contributed by atoms with Crippen LogP contribution in [0.2, 0.25) is 0 Å². The molecule has 0 amide bonds. The van der Waals surface area contributed by atoms with Crippen molar-refractivity contribution in [1.29, 1.82) is 0 Å². The molecule has 0 aliphatic carbocycles. The first-order valence-corrected chi connectivity index (χ1v) is 7.25. The third-order valence-corrected chi connectivity index (χ3v) is 5.06. The van der Waals surface area contributed by atoms with Crippen LogP contribution in [0.15, 0.2) is 10.5 Å². The van der Waals surface area contributed by atoms with Gasteiger partial charge in [0, 0.05) is 21.3 Å². The Kier molecular flexibility index (Phi) is 3.09. The van der Waals surface area contributed by atoms with Crippen molar-refractivity contribution in [1.82, 2.24) is 9.97 Å². The van der Waals surface area contributed by atoms with Crippen LogP contribution in [-0.2, 0) is 17.8 Å². The van der Waals surface area contributed by atoms with Gasteiger partial charge in [-0.15, -0.1) is 11.3 Å². The first kappa shape index (κ1) is 12.1. The second kappa shape index (κ2) is 4.60. The van der Waals surface area contributed by atoms with E-state index in [1.807, 2.05) is 6.07 Å². The predicted molar refractivity (Wildman–Crippen MR) is 75.6 cm³/mol. The van der Waals surface area contributed by atoms with Crippen molar-refractivity contribution in [2.45, 2.75) is 20.0 Å². The number of anilines is 1. The molecule has 0 saturated heterocycles. The van der Waals surface area contributed by atoms with Crippen LogP contribution in [0, 0.1) is 6.92 Å². The first-order valence-electron chi connectivity index (χ1n) is 5.64. The lowest BCUT2D eigenvalue weighted by Crippen LogP contribution is -2.15. The zero-order valence-corrected chi connectivity index (χ0v) is 12.3. The number of fused-ring (bicyclic) bond motifs is 1. The van der Waals surface area contributed by atoms with Crippen LogP contribution >= 0.6 is 27.3 Å². The normalized spacial score (nSPS) is 14.6. The van der Waals surface area contributed by atoms with Gasteiger partial charge in [-0.2, -0.15) is 0 Å². The minimum absolute atomic E-state index is 0.522. The highest BCUT2D eigenvalue weighted by Gasteiger charge is 2.18. The zero-order valence-electron chi connectivity index (χ0n) is 9.86. The number of aromatic nitrogens is 2. The van der Waals surface area contributed by atoms with Gasteiger partial charge in [-0.3, -0.25) is 0 Å². The molecule has 4 nitrogen and oxygen atoms in total. The van der Waals surface area contributed by atoms with Crippen LogP contribution in [0.5, 0.6) is 0 Å². The molecule has 2 aromatic heterocycles. The lowest BCUT2D eigenvalue weighted by Gasteiger charge is -2.17. The van der Waals surface area contributed by atoms with Gasteiger partial charge in [-0.25, -0.2) is 9.97 Å². The number of nitrogen functional groups attached to an aromatic ring is 1. The summed E-state index contributed by atoms with van der Waals surface area (Å²) in [6.07, 6.45) is 0.806. The Morgan fingerprint density at radius 2 is 2.28 bits per heavy atom. The lowest BCUT2D eigenvalue weighted by atomic mass is 10.1. The Hall–Kier alpha value is -0.980. The zero-order chi connectivity index (χ0) is 12.7. The third-order valence-electron chi connectivity index (χ3n) is 2.93. The number of nitrogens with two attached hydrogens (primary N) is 1. The van der Waals surface area contributed by atoms with Crippen LogP contribution in [0.3, 0.4) is 0 Å². The maximum absolute atomic E-state index is 5.99. The second-order valence-corrected chi connectivity index (χ2v) is 6.29. The van der Waals surface area contributed by atoms with E-state index in [0.29, 0.717) is 24.9 Å². The van der Waals surface area contributed by atoms with Gasteiger partial charge in [0.2, 0.25) is 0 Å². The summed E-state index contributed by atoms with van der Waals surface area (Å²) in [7, 11) is 0. The Balaban J connectivity index is 2.10. The second-order valence-electron chi connectivity index (χ2n) is 4.18. The molecule has 18 heavy (non-hydrogen) atoms. The van der Waals surface area contributed by atoms with E-state index in [4.69, 9.17) is 10.5 Å². The maximum Gasteiger partial charge on any atom is 0.171 e. The van der Waals surface area contributed by atoms with Gasteiger partial charge in [0.25, 0.3) is 0 Å². The molecule has 2 aromatic rings. The maximum atomic E-state index is 5.99. The molecule has 0 aromatic carbocycles. The van der Waals surface area contributed by atoms with E-state index in [9.17, 15) is 0 Å². The van der Waals surface area contributed by atoms with E-state index in [0.717, 1.165) is 27.0 Å². The molecule has 0 bridgehead atoms. The number of hydrogen-bond donors (Lipinski definition) is 1. The van der Waals surface area contributed by atoms with E-state index < -0.39 is 0 Å². The average Bonchev–Trinajstić information content (AvgIpc) is 2.70. The minimum Gasteiger partial charge on any atom is -0.383 e. The highest BCUT2D eigenvalue weighted by Crippen LogP contribution is 2.33. The minimum atomic E-state index is 0.522. The number of aryl methyl sites for hydroxylation is 1. The summed E-state index contributed by atoms with van der Waals surface area (Å²) in [4.78, 5) is 11.3. The SMILES string of the molecule is Cc1sc(-c2nc(N)c3c(n2)CCOC3)cc1Br. The molecular weight excluding hydrogens is 314 g/mol. The van der Waals surface area contributed by atoms with Crippen LogP contribution in [0.1, 0.15) is 16.1 Å². The molecule has 2 N–H and O–H groups in total. The molecule has 0 unspecified atom stereocenters. The van der Waals surface area contributed by atoms with E-state index >= 15 is 0 Å². The molecule has 0 atom stereocenters. The van der Waals surface area contributed by atoms with Crippen molar-refractivity contribution in [3.05, 3.63) is 26.7 Å². The monoisotopic (exact) mass is 325 g/mol. The van der Waals surface area contributed by atoms with Gasteiger partial charge >= 0.3 is 0 Å². The summed E-state index contributed by atoms with van der Waals surface area (Å²) in [5.74, 6) is 1.25. The number of thiophene rings is 1. The fourth-order valence-electron chi connectivity index (χ4n) is 1.94. The molecule has 94 valence electrons. The van der Waals surface area contributed by atoms with Crippen LogP contribution in [0.25, 0.3) is 10.7 Å². The molecule has 0 fully saturated rings. The van der Waals surface area contributed by atoms with Crippen molar-refractivity contribution < 1.29 is 4.74 Å². The van der Waals surface area contributed by atoms with Crippen LogP contribution in [-0.4, -0.2) is 16.6 Å². The Labute approximate surface area is 117 Å². The molecule has 0 spiro atoms. The van der Waals surface area contributed by atoms with E-state index in [2.05, 4.69) is 32.8 Å². The summed E-state index contributed by atoms with van der Waals surface area (Å²) in [6.45, 7) is 3.29. The van der Waals surface area contributed by atoms with E-state index in [-0.39, 0.29) is 0 Å². The largest absolute Gasteiger partial charge is 0.383 e. The van der Waals surface area contributed by atoms with Gasteiger partial charge in [0.15, 0.2) is 5.82 Å². The molecule has 3 rings (SSSR count). The predicted octanol–water partition coefficient (Wildman–Crippen LogP) is 2.93. The summed E-state index contributed by atoms with van der Waals surface area (Å²) >= 11 is 5.18. The van der Waals surface area contributed by atoms with Crippen molar-refractivity contribution in [2.75, 3.05) is 12.3 Å². The van der Waals surface area contributed by atoms with Crippen molar-refractivity contribution in [3.63, 3.8) is 0 Å². The van der Waals surface area contributed by atoms with Gasteiger partial charge in [-0.05, 0) is 28.9 Å². The Bertz CT molecular complexity index is 592. The summed E-state index contributed by atoms with van der Waals surface area (Å²) in [5, 5.41) is 0. The molecule has 0 radical (unpaired) electrons. The quantitative estimate of drug-likeness (QED) is 0.875. The molecule has 1 aliphatic heterocycles. The summed E-state index contributed by atoms with van der Waals surface area (Å²) in [6, 6.07) is 2.04. The van der Waals surface area contributed by atoms with Crippen LogP contribution in [0.4, 0.5) is 5.82 Å². The number of hydrogen-bond acceptors (Lipinski definition) is 5. The lowest BCUT2D eigenvalue weighted by molar-refractivity contribution is 0.109. The van der Waals surface area contributed by atoms with Gasteiger partial charge in [-0.1, -0.05) is 0 Å². The highest BCUT2D eigenvalue weighted by atomic mass is 79.9.